The van der Waals surface area contributed by atoms with Crippen LogP contribution in [0, 0.1) is 13.8 Å². The summed E-state index contributed by atoms with van der Waals surface area (Å²) in [4.78, 5) is 24.0. The largest absolute Gasteiger partial charge is 0.492 e. The Morgan fingerprint density at radius 3 is 2.50 bits per heavy atom. The van der Waals surface area contributed by atoms with E-state index < -0.39 is 28.3 Å². The van der Waals surface area contributed by atoms with E-state index in [1.807, 2.05) is 31.2 Å². The molecular weight excluding hydrogens is 382 g/mol. The summed E-state index contributed by atoms with van der Waals surface area (Å²) in [5.41, 5.74) is 1.74. The Morgan fingerprint density at radius 1 is 1.07 bits per heavy atom. The first-order valence-corrected chi connectivity index (χ1v) is 10.5. The van der Waals surface area contributed by atoms with Crippen LogP contribution in [0.3, 0.4) is 0 Å². The minimum Gasteiger partial charge on any atom is -0.492 e. The molecule has 2 rings (SSSR count). The summed E-state index contributed by atoms with van der Waals surface area (Å²) in [6.07, 6.45) is 1.05. The molecule has 2 aromatic carbocycles. The molecule has 0 atom stereocenters. The highest BCUT2D eigenvalue weighted by molar-refractivity contribution is 7.90. The monoisotopic (exact) mass is 405 g/mol. The Balaban J connectivity index is 1.80. The maximum Gasteiger partial charge on any atom is 0.338 e. The Morgan fingerprint density at radius 2 is 1.82 bits per heavy atom. The summed E-state index contributed by atoms with van der Waals surface area (Å²) in [6.45, 7) is 3.68. The lowest BCUT2D eigenvalue weighted by atomic mass is 10.1. The zero-order valence-corrected chi connectivity index (χ0v) is 16.8. The topological polar surface area (TPSA) is 98.8 Å². The summed E-state index contributed by atoms with van der Waals surface area (Å²) in [6, 6.07) is 11.7. The van der Waals surface area contributed by atoms with Gasteiger partial charge in [-0.1, -0.05) is 18.2 Å². The van der Waals surface area contributed by atoms with Crippen LogP contribution in [0.2, 0.25) is 0 Å². The number of rotatable bonds is 8. The van der Waals surface area contributed by atoms with Crippen molar-refractivity contribution in [2.45, 2.75) is 18.7 Å². The van der Waals surface area contributed by atoms with E-state index in [2.05, 4.69) is 5.32 Å². The number of sulfone groups is 1. The second-order valence-corrected chi connectivity index (χ2v) is 8.36. The molecule has 0 fully saturated rings. The normalized spacial score (nSPS) is 11.0. The average molecular weight is 405 g/mol. The van der Waals surface area contributed by atoms with Gasteiger partial charge in [0.25, 0.3) is 5.91 Å². The second-order valence-electron chi connectivity index (χ2n) is 6.34. The maximum absolute atomic E-state index is 12.2. The minimum atomic E-state index is -3.45. The smallest absolute Gasteiger partial charge is 0.338 e. The van der Waals surface area contributed by atoms with Crippen molar-refractivity contribution in [3.8, 4) is 5.75 Å². The quantitative estimate of drug-likeness (QED) is 0.533. The molecule has 0 bridgehead atoms. The van der Waals surface area contributed by atoms with Crippen molar-refractivity contribution in [2.24, 2.45) is 0 Å². The first-order chi connectivity index (χ1) is 13.2. The van der Waals surface area contributed by atoms with Crippen molar-refractivity contribution in [3.05, 3.63) is 59.2 Å². The van der Waals surface area contributed by atoms with Gasteiger partial charge in [-0.25, -0.2) is 13.2 Å². The third-order valence-corrected chi connectivity index (χ3v) is 4.98. The van der Waals surface area contributed by atoms with Gasteiger partial charge in [0, 0.05) is 6.26 Å². The van der Waals surface area contributed by atoms with Crippen LogP contribution in [-0.4, -0.2) is 46.3 Å². The number of benzene rings is 2. The van der Waals surface area contributed by atoms with Crippen LogP contribution in [0.15, 0.2) is 47.4 Å². The van der Waals surface area contributed by atoms with Crippen molar-refractivity contribution >= 4 is 21.7 Å². The molecular formula is C20H23NO6S. The Bertz CT molecular complexity index is 968. The molecule has 1 amide bonds. The van der Waals surface area contributed by atoms with Crippen LogP contribution in [0.5, 0.6) is 5.75 Å². The summed E-state index contributed by atoms with van der Waals surface area (Å²) >= 11 is 0. The maximum atomic E-state index is 12.2. The molecule has 7 nitrogen and oxygen atoms in total. The van der Waals surface area contributed by atoms with Crippen molar-refractivity contribution in [2.75, 3.05) is 26.0 Å². The highest BCUT2D eigenvalue weighted by Gasteiger charge is 2.16. The van der Waals surface area contributed by atoms with Crippen LogP contribution in [0.1, 0.15) is 21.5 Å². The SMILES string of the molecule is Cc1cccc(OCCNC(=O)COC(=O)c2cc(S(C)(=O)=O)ccc2C)c1. The highest BCUT2D eigenvalue weighted by Crippen LogP contribution is 2.16. The first-order valence-electron chi connectivity index (χ1n) is 8.61. The molecule has 0 heterocycles. The van der Waals surface area contributed by atoms with Gasteiger partial charge in [-0.05, 0) is 49.2 Å². The fourth-order valence-electron chi connectivity index (χ4n) is 2.38. The standard InChI is InChI=1S/C20H23NO6S/c1-14-5-4-6-16(11-14)26-10-9-21-19(22)13-27-20(23)18-12-17(28(3,24)25)8-7-15(18)2/h4-8,11-12H,9-10,13H2,1-3H3,(H,21,22). The molecule has 0 saturated carbocycles. The summed E-state index contributed by atoms with van der Waals surface area (Å²) in [7, 11) is -3.45. The van der Waals surface area contributed by atoms with E-state index >= 15 is 0 Å². The summed E-state index contributed by atoms with van der Waals surface area (Å²) in [5, 5.41) is 2.59. The molecule has 28 heavy (non-hydrogen) atoms. The lowest BCUT2D eigenvalue weighted by molar-refractivity contribution is -0.124. The van der Waals surface area contributed by atoms with Crippen LogP contribution < -0.4 is 10.1 Å². The van der Waals surface area contributed by atoms with Gasteiger partial charge in [-0.15, -0.1) is 0 Å². The number of hydrogen-bond acceptors (Lipinski definition) is 6. The van der Waals surface area contributed by atoms with E-state index in [1.54, 1.807) is 6.92 Å². The first kappa shape index (κ1) is 21.4. The molecule has 0 unspecified atom stereocenters. The number of carbonyl (C=O) groups excluding carboxylic acids is 2. The zero-order chi connectivity index (χ0) is 20.7. The van der Waals surface area contributed by atoms with Crippen molar-refractivity contribution < 1.29 is 27.5 Å². The average Bonchev–Trinajstić information content (AvgIpc) is 2.63. The summed E-state index contributed by atoms with van der Waals surface area (Å²) < 4.78 is 33.7. The van der Waals surface area contributed by atoms with E-state index in [-0.39, 0.29) is 23.6 Å². The molecule has 1 N–H and O–H groups in total. The van der Waals surface area contributed by atoms with E-state index in [9.17, 15) is 18.0 Å². The Kier molecular flexibility index (Phi) is 7.17. The number of nitrogens with one attached hydrogen (secondary N) is 1. The molecule has 2 aromatic rings. The molecule has 0 aromatic heterocycles. The number of hydrogen-bond donors (Lipinski definition) is 1. The van der Waals surface area contributed by atoms with E-state index in [1.165, 1.54) is 18.2 Å². The molecule has 0 aliphatic rings. The van der Waals surface area contributed by atoms with Gasteiger partial charge >= 0.3 is 5.97 Å². The van der Waals surface area contributed by atoms with Gasteiger partial charge < -0.3 is 14.8 Å². The van der Waals surface area contributed by atoms with Gasteiger partial charge in [-0.3, -0.25) is 4.79 Å². The molecule has 0 aliphatic heterocycles. The van der Waals surface area contributed by atoms with Gasteiger partial charge in [-0.2, -0.15) is 0 Å². The van der Waals surface area contributed by atoms with Crippen molar-refractivity contribution in [1.82, 2.24) is 5.32 Å². The summed E-state index contributed by atoms with van der Waals surface area (Å²) in [5.74, 6) is -0.519. The van der Waals surface area contributed by atoms with Gasteiger partial charge in [0.15, 0.2) is 16.4 Å². The predicted octanol–water partition coefficient (Wildman–Crippen LogP) is 2.06. The van der Waals surface area contributed by atoms with Gasteiger partial charge in [0.05, 0.1) is 17.0 Å². The number of carbonyl (C=O) groups is 2. The second kappa shape index (κ2) is 9.36. The molecule has 8 heteroatoms. The minimum absolute atomic E-state index is 0.0165. The number of amides is 1. The fraction of sp³-hybridized carbons (Fsp3) is 0.300. The van der Waals surface area contributed by atoms with Crippen LogP contribution in [0.25, 0.3) is 0 Å². The van der Waals surface area contributed by atoms with Crippen LogP contribution >= 0.6 is 0 Å². The highest BCUT2D eigenvalue weighted by atomic mass is 32.2. The van der Waals surface area contributed by atoms with Crippen LogP contribution in [-0.2, 0) is 19.4 Å². The predicted molar refractivity (Wildman–Crippen MR) is 104 cm³/mol. The zero-order valence-electron chi connectivity index (χ0n) is 16.0. The third-order valence-electron chi connectivity index (χ3n) is 3.87. The van der Waals surface area contributed by atoms with Crippen molar-refractivity contribution in [1.29, 1.82) is 0 Å². The molecule has 150 valence electrons. The molecule has 0 spiro atoms. The van der Waals surface area contributed by atoms with E-state index in [0.717, 1.165) is 11.8 Å². The molecule has 0 saturated heterocycles. The number of esters is 1. The fourth-order valence-corrected chi connectivity index (χ4v) is 3.02. The van der Waals surface area contributed by atoms with Crippen molar-refractivity contribution in [3.63, 3.8) is 0 Å². The number of ether oxygens (including phenoxy) is 2. The van der Waals surface area contributed by atoms with Gasteiger partial charge in [0.2, 0.25) is 0 Å². The Hall–Kier alpha value is -2.87. The lowest BCUT2D eigenvalue weighted by Crippen LogP contribution is -2.32. The lowest BCUT2D eigenvalue weighted by Gasteiger charge is -2.10. The van der Waals surface area contributed by atoms with E-state index in [0.29, 0.717) is 11.3 Å². The Labute approximate surface area is 164 Å². The molecule has 0 radical (unpaired) electrons. The van der Waals surface area contributed by atoms with Gasteiger partial charge in [0.1, 0.15) is 12.4 Å². The van der Waals surface area contributed by atoms with Crippen LogP contribution in [0.4, 0.5) is 0 Å². The third kappa shape index (κ3) is 6.38. The molecule has 0 aliphatic carbocycles. The number of aryl methyl sites for hydroxylation is 2. The van der Waals surface area contributed by atoms with E-state index in [4.69, 9.17) is 9.47 Å².